The first-order valence-electron chi connectivity index (χ1n) is 4.40. The molecule has 2 heteroatoms. The summed E-state index contributed by atoms with van der Waals surface area (Å²) in [5.74, 6) is 0. The van der Waals surface area contributed by atoms with Gasteiger partial charge in [-0.3, -0.25) is 5.10 Å². The number of fused-ring (bicyclic) bond motifs is 1. The lowest BCUT2D eigenvalue weighted by Gasteiger charge is -1.94. The molecule has 0 spiro atoms. The van der Waals surface area contributed by atoms with Gasteiger partial charge in [0, 0.05) is 5.69 Å². The van der Waals surface area contributed by atoms with Gasteiger partial charge in [-0.25, -0.2) is 0 Å². The van der Waals surface area contributed by atoms with Crippen molar-refractivity contribution >= 4 is 0 Å². The number of nitrogens with one attached hydrogen (secondary N) is 1. The van der Waals surface area contributed by atoms with Crippen LogP contribution in [0.3, 0.4) is 0 Å². The Labute approximate surface area is 67.0 Å². The molecule has 60 valence electrons. The first kappa shape index (κ1) is 6.89. The number of nitrogens with zero attached hydrogens (tertiary/aromatic N) is 1. The summed E-state index contributed by atoms with van der Waals surface area (Å²) in [5.41, 5.74) is 4.09. The summed E-state index contributed by atoms with van der Waals surface area (Å²) in [6.07, 6.45) is 6.44. The van der Waals surface area contributed by atoms with Crippen LogP contribution >= 0.6 is 0 Å². The molecular weight excluding hydrogens is 136 g/mol. The number of hydrogen-bond acceptors (Lipinski definition) is 1. The van der Waals surface area contributed by atoms with E-state index in [2.05, 4.69) is 17.1 Å². The predicted molar refractivity (Wildman–Crippen MR) is 44.6 cm³/mol. The molecule has 1 heterocycles. The number of H-pyrrole nitrogens is 1. The Kier molecular flexibility index (Phi) is 1.68. The van der Waals surface area contributed by atoms with Gasteiger partial charge in [0.05, 0.1) is 5.69 Å². The maximum Gasteiger partial charge on any atom is 0.0656 e. The molecule has 0 atom stereocenters. The van der Waals surface area contributed by atoms with Crippen molar-refractivity contribution in [1.82, 2.24) is 10.2 Å². The van der Waals surface area contributed by atoms with Crippen LogP contribution < -0.4 is 0 Å². The van der Waals surface area contributed by atoms with Crippen molar-refractivity contribution < 1.29 is 0 Å². The summed E-state index contributed by atoms with van der Waals surface area (Å²) < 4.78 is 0. The molecule has 1 aliphatic rings. The average Bonchev–Trinajstić information content (AvgIpc) is 2.25. The second kappa shape index (κ2) is 2.68. The second-order valence-electron chi connectivity index (χ2n) is 3.33. The van der Waals surface area contributed by atoms with E-state index in [0.29, 0.717) is 0 Å². The number of aromatic amines is 1. The molecule has 1 aromatic rings. The van der Waals surface area contributed by atoms with E-state index in [9.17, 15) is 0 Å². The van der Waals surface area contributed by atoms with Gasteiger partial charge in [-0.15, -0.1) is 0 Å². The maximum absolute atomic E-state index is 4.29. The molecule has 1 aromatic heterocycles. The average molecular weight is 150 g/mol. The summed E-state index contributed by atoms with van der Waals surface area (Å²) in [6.45, 7) is 2.12. The first-order valence-corrected chi connectivity index (χ1v) is 4.40. The normalized spacial score (nSPS) is 17.5. The third-order valence-electron chi connectivity index (χ3n) is 2.50. The third kappa shape index (κ3) is 1.17. The summed E-state index contributed by atoms with van der Waals surface area (Å²) in [7, 11) is 0. The maximum atomic E-state index is 4.29. The lowest BCUT2D eigenvalue weighted by molar-refractivity contribution is 0.700. The molecule has 0 radical (unpaired) electrons. The Hall–Kier alpha value is -0.790. The van der Waals surface area contributed by atoms with Crippen molar-refractivity contribution in [3.63, 3.8) is 0 Å². The van der Waals surface area contributed by atoms with E-state index in [-0.39, 0.29) is 0 Å². The Morgan fingerprint density at radius 3 is 2.91 bits per heavy atom. The monoisotopic (exact) mass is 150 g/mol. The summed E-state index contributed by atoms with van der Waals surface area (Å²) in [6, 6.07) is 0. The van der Waals surface area contributed by atoms with Crippen molar-refractivity contribution in [2.75, 3.05) is 0 Å². The highest BCUT2D eigenvalue weighted by Gasteiger charge is 2.12. The number of hydrogen-bond donors (Lipinski definition) is 1. The minimum absolute atomic E-state index is 1.18. The highest BCUT2D eigenvalue weighted by molar-refractivity contribution is 5.25. The van der Waals surface area contributed by atoms with Gasteiger partial charge in [0.1, 0.15) is 0 Å². The van der Waals surface area contributed by atoms with Crippen LogP contribution in [0, 0.1) is 6.92 Å². The van der Waals surface area contributed by atoms with Crippen molar-refractivity contribution in [3.8, 4) is 0 Å². The molecule has 1 aliphatic carbocycles. The minimum atomic E-state index is 1.18. The molecule has 0 bridgehead atoms. The smallest absolute Gasteiger partial charge is 0.0656 e. The van der Waals surface area contributed by atoms with Gasteiger partial charge in [-0.05, 0) is 38.2 Å². The van der Waals surface area contributed by atoms with Gasteiger partial charge >= 0.3 is 0 Å². The van der Waals surface area contributed by atoms with E-state index >= 15 is 0 Å². The van der Waals surface area contributed by atoms with Crippen LogP contribution in [0.15, 0.2) is 0 Å². The fraction of sp³-hybridized carbons (Fsp3) is 0.667. The highest BCUT2D eigenvalue weighted by Crippen LogP contribution is 2.20. The van der Waals surface area contributed by atoms with Crippen LogP contribution in [0.2, 0.25) is 0 Å². The quantitative estimate of drug-likeness (QED) is 0.563. The topological polar surface area (TPSA) is 28.7 Å². The molecule has 2 rings (SSSR count). The van der Waals surface area contributed by atoms with Crippen molar-refractivity contribution in [3.05, 3.63) is 17.0 Å². The lowest BCUT2D eigenvalue weighted by Crippen LogP contribution is -1.87. The SMILES string of the molecule is Cc1[nH]nc2c1CCCCC2. The Morgan fingerprint density at radius 2 is 2.00 bits per heavy atom. The van der Waals surface area contributed by atoms with Crippen LogP contribution in [0.5, 0.6) is 0 Å². The molecule has 0 amide bonds. The Balaban J connectivity index is 2.35. The van der Waals surface area contributed by atoms with Crippen molar-refractivity contribution in [1.29, 1.82) is 0 Å². The van der Waals surface area contributed by atoms with Crippen LogP contribution in [-0.2, 0) is 12.8 Å². The number of aryl methyl sites for hydroxylation is 2. The van der Waals surface area contributed by atoms with Crippen LogP contribution in [0.4, 0.5) is 0 Å². The standard InChI is InChI=1S/C9H14N2/c1-7-8-5-3-2-4-6-9(8)11-10-7/h2-6H2,1H3,(H,10,11). The van der Waals surface area contributed by atoms with E-state index in [1.165, 1.54) is 49.1 Å². The zero-order valence-corrected chi connectivity index (χ0v) is 6.98. The largest absolute Gasteiger partial charge is 0.282 e. The molecule has 0 saturated carbocycles. The molecule has 0 aliphatic heterocycles. The van der Waals surface area contributed by atoms with E-state index < -0.39 is 0 Å². The Bertz CT molecular complexity index is 250. The molecule has 0 fully saturated rings. The number of aromatic nitrogens is 2. The molecule has 0 unspecified atom stereocenters. The van der Waals surface area contributed by atoms with Gasteiger partial charge in [0.25, 0.3) is 0 Å². The fourth-order valence-electron chi connectivity index (χ4n) is 1.81. The zero-order valence-electron chi connectivity index (χ0n) is 6.98. The lowest BCUT2D eigenvalue weighted by atomic mass is 10.1. The zero-order chi connectivity index (χ0) is 7.68. The molecule has 1 N–H and O–H groups in total. The summed E-state index contributed by atoms with van der Waals surface area (Å²) in [4.78, 5) is 0. The van der Waals surface area contributed by atoms with E-state index in [4.69, 9.17) is 0 Å². The van der Waals surface area contributed by atoms with Gasteiger partial charge < -0.3 is 0 Å². The van der Waals surface area contributed by atoms with Crippen LogP contribution in [-0.4, -0.2) is 10.2 Å². The van der Waals surface area contributed by atoms with Gasteiger partial charge in [0.2, 0.25) is 0 Å². The molecule has 11 heavy (non-hydrogen) atoms. The minimum Gasteiger partial charge on any atom is -0.282 e. The van der Waals surface area contributed by atoms with Gasteiger partial charge in [0.15, 0.2) is 0 Å². The Morgan fingerprint density at radius 1 is 1.18 bits per heavy atom. The van der Waals surface area contributed by atoms with E-state index in [0.717, 1.165) is 0 Å². The first-order chi connectivity index (χ1) is 5.38. The van der Waals surface area contributed by atoms with Gasteiger partial charge in [-0.2, -0.15) is 5.10 Å². The van der Waals surface area contributed by atoms with E-state index in [1.807, 2.05) is 0 Å². The van der Waals surface area contributed by atoms with Crippen molar-refractivity contribution in [2.24, 2.45) is 0 Å². The number of rotatable bonds is 0. The second-order valence-corrected chi connectivity index (χ2v) is 3.33. The van der Waals surface area contributed by atoms with E-state index in [1.54, 1.807) is 0 Å². The predicted octanol–water partition coefficient (Wildman–Crippen LogP) is 1.99. The van der Waals surface area contributed by atoms with Crippen molar-refractivity contribution in [2.45, 2.75) is 39.0 Å². The molecule has 2 nitrogen and oxygen atoms in total. The third-order valence-corrected chi connectivity index (χ3v) is 2.50. The molecular formula is C9H14N2. The summed E-state index contributed by atoms with van der Waals surface area (Å²) >= 11 is 0. The van der Waals surface area contributed by atoms with Gasteiger partial charge in [-0.1, -0.05) is 6.42 Å². The highest BCUT2D eigenvalue weighted by atomic mass is 15.1. The summed E-state index contributed by atoms with van der Waals surface area (Å²) in [5, 5.41) is 7.35. The van der Waals surface area contributed by atoms with Crippen LogP contribution in [0.25, 0.3) is 0 Å². The fourth-order valence-corrected chi connectivity index (χ4v) is 1.81. The van der Waals surface area contributed by atoms with Crippen LogP contribution in [0.1, 0.15) is 36.2 Å². The molecule has 0 saturated heterocycles. The molecule has 0 aromatic carbocycles.